The summed E-state index contributed by atoms with van der Waals surface area (Å²) in [5.74, 6) is -4.95. The molecule has 1 fully saturated rings. The molecule has 0 aromatic heterocycles. The lowest BCUT2D eigenvalue weighted by Gasteiger charge is -2.32. The van der Waals surface area contributed by atoms with Crippen molar-refractivity contribution in [3.05, 3.63) is 0 Å². The highest BCUT2D eigenvalue weighted by molar-refractivity contribution is 5.89. The number of unbranched alkanes of at least 4 members (excludes halogenated alkanes) is 1. The van der Waals surface area contributed by atoms with Crippen LogP contribution in [0.1, 0.15) is 65.7 Å². The van der Waals surface area contributed by atoms with Crippen molar-refractivity contribution in [3.63, 3.8) is 0 Å². The molecule has 0 aromatic rings. The normalized spacial score (nSPS) is 15.0. The number of carbonyl (C=O) groups is 9. The molecule has 5 amide bonds. The van der Waals surface area contributed by atoms with Gasteiger partial charge >= 0.3 is 17.9 Å². The molecule has 25 heteroatoms. The zero-order chi connectivity index (χ0) is 51.2. The van der Waals surface area contributed by atoms with Gasteiger partial charge in [0.25, 0.3) is 0 Å². The van der Waals surface area contributed by atoms with Gasteiger partial charge in [0.2, 0.25) is 29.5 Å². The second-order valence-corrected chi connectivity index (χ2v) is 16.9. The number of hydrogen-bond donors (Lipinski definition) is 9. The first-order valence-corrected chi connectivity index (χ1v) is 23.8. The number of Topliss-reactive ketones (excluding diaryl/α,β-unsaturated/α-hetero) is 1. The van der Waals surface area contributed by atoms with Gasteiger partial charge in [-0.15, -0.1) is 0 Å². The average molecular weight is 989 g/mol. The van der Waals surface area contributed by atoms with Crippen LogP contribution in [0.15, 0.2) is 0 Å². The van der Waals surface area contributed by atoms with Gasteiger partial charge in [0.05, 0.1) is 71.7 Å². The summed E-state index contributed by atoms with van der Waals surface area (Å²) >= 11 is 0. The Kier molecular flexibility index (Phi) is 35.0. The topological polar surface area (TPSA) is 327 Å². The number of ketones is 1. The van der Waals surface area contributed by atoms with Gasteiger partial charge in [0.1, 0.15) is 5.78 Å². The van der Waals surface area contributed by atoms with Crippen molar-refractivity contribution in [1.82, 2.24) is 51.5 Å². The van der Waals surface area contributed by atoms with Crippen LogP contribution in [0.2, 0.25) is 0 Å². The van der Waals surface area contributed by atoms with Crippen molar-refractivity contribution in [2.45, 2.75) is 77.8 Å². The van der Waals surface area contributed by atoms with E-state index in [-0.39, 0.29) is 101 Å². The predicted molar refractivity (Wildman–Crippen MR) is 251 cm³/mol. The molecule has 0 saturated carbocycles. The molecule has 1 atom stereocenters. The van der Waals surface area contributed by atoms with Gasteiger partial charge in [-0.1, -0.05) is 13.8 Å². The Bertz CT molecular complexity index is 1530. The summed E-state index contributed by atoms with van der Waals surface area (Å²) in [6.45, 7) is 9.97. The predicted octanol–water partition coefficient (Wildman–Crippen LogP) is -3.22. The van der Waals surface area contributed by atoms with Crippen LogP contribution in [0.4, 0.5) is 0 Å². The molecule has 396 valence electrons. The number of nitrogens with one attached hydrogen (secondary N) is 6. The lowest BCUT2D eigenvalue weighted by Crippen LogP contribution is -2.49. The van der Waals surface area contributed by atoms with Crippen molar-refractivity contribution in [1.29, 1.82) is 0 Å². The molecule has 0 radical (unpaired) electrons. The molecule has 0 bridgehead atoms. The van der Waals surface area contributed by atoms with Crippen molar-refractivity contribution in [3.8, 4) is 0 Å². The van der Waals surface area contributed by atoms with Gasteiger partial charge < -0.3 is 61.4 Å². The molecule has 1 heterocycles. The van der Waals surface area contributed by atoms with Gasteiger partial charge in [-0.05, 0) is 39.0 Å². The first kappa shape index (κ1) is 62.1. The molecule has 1 rings (SSSR count). The minimum absolute atomic E-state index is 0.0284. The molecule has 1 aliphatic heterocycles. The van der Waals surface area contributed by atoms with Gasteiger partial charge in [-0.3, -0.25) is 62.8 Å². The van der Waals surface area contributed by atoms with Crippen LogP contribution in [-0.4, -0.2) is 251 Å². The summed E-state index contributed by atoms with van der Waals surface area (Å²) in [6.07, 6.45) is 3.04. The highest BCUT2D eigenvalue weighted by Crippen LogP contribution is 2.04. The molecule has 1 aliphatic rings. The summed E-state index contributed by atoms with van der Waals surface area (Å²) in [7, 11) is 0. The molecule has 9 N–H and O–H groups in total. The molecule has 0 unspecified atom stereocenters. The fraction of sp³-hybridized carbons (Fsp3) is 0.795. The lowest BCUT2D eigenvalue weighted by molar-refractivity contribution is -0.140. The number of carbonyl (C=O) groups excluding carboxylic acids is 6. The Labute approximate surface area is 405 Å². The molecule has 25 nitrogen and oxygen atoms in total. The van der Waals surface area contributed by atoms with E-state index in [0.717, 1.165) is 6.42 Å². The Morgan fingerprint density at radius 2 is 0.797 bits per heavy atom. The Morgan fingerprint density at radius 1 is 0.449 bits per heavy atom. The largest absolute Gasteiger partial charge is 0.480 e. The zero-order valence-corrected chi connectivity index (χ0v) is 40.9. The third kappa shape index (κ3) is 36.7. The van der Waals surface area contributed by atoms with Crippen molar-refractivity contribution >= 4 is 53.2 Å². The first-order chi connectivity index (χ1) is 32.9. The van der Waals surface area contributed by atoms with E-state index < -0.39 is 29.7 Å². The monoisotopic (exact) mass is 989 g/mol. The molecule has 1 saturated heterocycles. The molecule has 0 aliphatic carbocycles. The minimum Gasteiger partial charge on any atom is -0.480 e. The number of ether oxygens (including phenoxy) is 3. The highest BCUT2D eigenvalue weighted by atomic mass is 16.5. The van der Waals surface area contributed by atoms with Crippen molar-refractivity contribution in [2.75, 3.05) is 151 Å². The summed E-state index contributed by atoms with van der Waals surface area (Å²) in [6, 6.07) is -0.0198. The van der Waals surface area contributed by atoms with Crippen molar-refractivity contribution in [2.24, 2.45) is 0 Å². The van der Waals surface area contributed by atoms with E-state index in [1.807, 2.05) is 18.7 Å². The average Bonchev–Trinajstić information content (AvgIpc) is 3.27. The smallest absolute Gasteiger partial charge is 0.317 e. The van der Waals surface area contributed by atoms with E-state index in [9.17, 15) is 58.5 Å². The molecule has 0 aromatic carbocycles. The summed E-state index contributed by atoms with van der Waals surface area (Å²) in [5, 5.41) is 44.5. The minimum atomic E-state index is -1.03. The number of carboxylic acids is 3. The zero-order valence-electron chi connectivity index (χ0n) is 40.9. The third-order valence-corrected chi connectivity index (χ3v) is 10.4. The van der Waals surface area contributed by atoms with E-state index in [1.165, 1.54) is 0 Å². The Morgan fingerprint density at radius 3 is 1.22 bits per heavy atom. The maximum Gasteiger partial charge on any atom is 0.317 e. The van der Waals surface area contributed by atoms with Crippen LogP contribution in [0.5, 0.6) is 0 Å². The number of hydrogen-bond acceptors (Lipinski definition) is 17. The lowest BCUT2D eigenvalue weighted by atomic mass is 10.1. The second-order valence-electron chi connectivity index (χ2n) is 16.9. The molecule has 69 heavy (non-hydrogen) atoms. The van der Waals surface area contributed by atoms with Gasteiger partial charge in [0.15, 0.2) is 0 Å². The fourth-order valence-electron chi connectivity index (χ4n) is 6.78. The third-order valence-electron chi connectivity index (χ3n) is 10.4. The Balaban J connectivity index is 2.11. The highest BCUT2D eigenvalue weighted by Gasteiger charge is 2.21. The summed E-state index contributed by atoms with van der Waals surface area (Å²) in [5.41, 5.74) is 0. The standard InChI is InChI=1S/C44H80N10O15/c1-34(2)50-36(35(3)55)8-4-5-11-46-39(58)28-49-40(59)29-48-38(57)10-9-37(56)45-12-6-22-67-24-26-69-27-25-68-23-7-13-47-41(60)30-51-14-16-52(31-42(61)62)18-20-54(33-44(65)66)21-19-53(17-15-51)32-43(63)64/h34,36,50H,4-33H2,1-3H3,(H,45,56)(H,46,58)(H,47,60)(H,48,57)(H,49,59)(H,61,62)(H,63,64)(H,65,66)/t36-/m0/s1. The first-order valence-electron chi connectivity index (χ1n) is 23.8. The van der Waals surface area contributed by atoms with E-state index in [4.69, 9.17) is 14.2 Å². The number of amides is 5. The van der Waals surface area contributed by atoms with Gasteiger partial charge in [0, 0.05) is 104 Å². The summed E-state index contributed by atoms with van der Waals surface area (Å²) < 4.78 is 16.6. The number of carboxylic acid groups (broad SMARTS) is 3. The van der Waals surface area contributed by atoms with E-state index >= 15 is 0 Å². The van der Waals surface area contributed by atoms with Crippen LogP contribution in [0.25, 0.3) is 0 Å². The van der Waals surface area contributed by atoms with Gasteiger partial charge in [-0.25, -0.2) is 0 Å². The Hall–Kier alpha value is -4.89. The van der Waals surface area contributed by atoms with Gasteiger partial charge in [-0.2, -0.15) is 0 Å². The SMILES string of the molecule is CC(=O)[C@H](CCCCNC(=O)CNC(=O)CNC(=O)CCC(=O)NCCCOCCOCCOCCCNC(=O)CN1CCN(CC(=O)O)CCN(CC(=O)O)CCN(CC(=O)O)CC1)NC(C)C. The van der Waals surface area contributed by atoms with E-state index in [1.54, 1.807) is 21.6 Å². The van der Waals surface area contributed by atoms with Crippen LogP contribution in [0.3, 0.4) is 0 Å². The second kappa shape index (κ2) is 38.9. The number of rotatable bonds is 37. The van der Waals surface area contributed by atoms with Crippen LogP contribution in [-0.2, 0) is 57.4 Å². The fourth-order valence-corrected chi connectivity index (χ4v) is 6.78. The number of nitrogens with zero attached hydrogens (tertiary/aromatic N) is 4. The van der Waals surface area contributed by atoms with Crippen LogP contribution < -0.4 is 31.9 Å². The van der Waals surface area contributed by atoms with Crippen LogP contribution >= 0.6 is 0 Å². The molecular weight excluding hydrogens is 909 g/mol. The quantitative estimate of drug-likeness (QED) is 0.0277. The maximum atomic E-state index is 12.8. The van der Waals surface area contributed by atoms with E-state index in [0.29, 0.717) is 124 Å². The van der Waals surface area contributed by atoms with E-state index in [2.05, 4.69) is 31.9 Å². The maximum absolute atomic E-state index is 12.8. The van der Waals surface area contributed by atoms with Crippen LogP contribution in [0, 0.1) is 0 Å². The number of aliphatic carboxylic acids is 3. The summed E-state index contributed by atoms with van der Waals surface area (Å²) in [4.78, 5) is 114. The molecule has 0 spiro atoms. The van der Waals surface area contributed by atoms with Crippen molar-refractivity contribution < 1.29 is 72.7 Å². The molecular formula is C44H80N10O15.